The summed E-state index contributed by atoms with van der Waals surface area (Å²) in [6.07, 6.45) is 1.43. The summed E-state index contributed by atoms with van der Waals surface area (Å²) in [5.41, 5.74) is 3.45. The molecule has 0 fully saturated rings. The molecular formula is C31H24N2O5. The number of fused-ring (bicyclic) bond motifs is 2. The van der Waals surface area contributed by atoms with Crippen molar-refractivity contribution in [2.24, 2.45) is 5.10 Å². The predicted molar refractivity (Wildman–Crippen MR) is 147 cm³/mol. The van der Waals surface area contributed by atoms with Gasteiger partial charge < -0.3 is 14.6 Å². The fourth-order valence-electron chi connectivity index (χ4n) is 4.14. The van der Waals surface area contributed by atoms with Crippen molar-refractivity contribution in [1.29, 1.82) is 0 Å². The van der Waals surface area contributed by atoms with E-state index in [2.05, 4.69) is 10.5 Å². The fraction of sp³-hybridized carbons (Fsp3) is 0.0645. The molecule has 0 aliphatic heterocycles. The average Bonchev–Trinajstić information content (AvgIpc) is 2.94. The number of hydrogen-bond acceptors (Lipinski definition) is 6. The second-order valence-electron chi connectivity index (χ2n) is 8.46. The summed E-state index contributed by atoms with van der Waals surface area (Å²) in [7, 11) is 0. The standard InChI is InChI=1S/C31H24N2O5/c1-2-37-24-14-11-21(12-15-24)31(36)38-29-16-13-20-7-5-6-10-25(20)27(29)19-32-33-30(35)26-17-22-8-3-4-9-23(22)18-28(26)34/h3-19,34H,2H2,1H3,(H,33,35). The topological polar surface area (TPSA) is 97.2 Å². The number of aromatic hydroxyl groups is 1. The molecule has 0 aromatic heterocycles. The van der Waals surface area contributed by atoms with Crippen molar-refractivity contribution in [3.63, 3.8) is 0 Å². The first-order valence-electron chi connectivity index (χ1n) is 12.1. The Morgan fingerprint density at radius 1 is 0.868 bits per heavy atom. The lowest BCUT2D eigenvalue weighted by Gasteiger charge is -2.11. The molecule has 0 saturated carbocycles. The van der Waals surface area contributed by atoms with Crippen LogP contribution in [0.25, 0.3) is 21.5 Å². The molecule has 5 aromatic rings. The van der Waals surface area contributed by atoms with Gasteiger partial charge in [0.15, 0.2) is 0 Å². The summed E-state index contributed by atoms with van der Waals surface area (Å²) in [5, 5.41) is 17.8. The largest absolute Gasteiger partial charge is 0.507 e. The third kappa shape index (κ3) is 5.17. The number of carbonyl (C=O) groups excluding carboxylic acids is 2. The maximum atomic E-state index is 12.9. The molecule has 1 amide bonds. The van der Waals surface area contributed by atoms with Gasteiger partial charge >= 0.3 is 5.97 Å². The van der Waals surface area contributed by atoms with Crippen molar-refractivity contribution in [3.05, 3.63) is 114 Å². The van der Waals surface area contributed by atoms with Crippen LogP contribution in [0.2, 0.25) is 0 Å². The first-order chi connectivity index (χ1) is 18.5. The summed E-state index contributed by atoms with van der Waals surface area (Å²) in [4.78, 5) is 25.7. The molecule has 0 atom stereocenters. The van der Waals surface area contributed by atoms with Crippen LogP contribution < -0.4 is 14.9 Å². The first kappa shape index (κ1) is 24.5. The maximum Gasteiger partial charge on any atom is 0.343 e. The molecule has 0 bridgehead atoms. The van der Waals surface area contributed by atoms with Crippen LogP contribution in [-0.4, -0.2) is 29.8 Å². The summed E-state index contributed by atoms with van der Waals surface area (Å²) in [5.74, 6) is -0.308. The van der Waals surface area contributed by atoms with Crippen LogP contribution in [0.4, 0.5) is 0 Å². The van der Waals surface area contributed by atoms with Crippen molar-refractivity contribution in [2.45, 2.75) is 6.92 Å². The van der Waals surface area contributed by atoms with E-state index >= 15 is 0 Å². The summed E-state index contributed by atoms with van der Waals surface area (Å²) in [6.45, 7) is 2.42. The van der Waals surface area contributed by atoms with Crippen LogP contribution in [-0.2, 0) is 0 Å². The van der Waals surface area contributed by atoms with Crippen LogP contribution in [0, 0.1) is 0 Å². The Hall–Kier alpha value is -5.17. The van der Waals surface area contributed by atoms with Crippen molar-refractivity contribution in [2.75, 3.05) is 6.61 Å². The highest BCUT2D eigenvalue weighted by Gasteiger charge is 2.15. The van der Waals surface area contributed by atoms with E-state index in [9.17, 15) is 14.7 Å². The van der Waals surface area contributed by atoms with E-state index in [1.807, 2.05) is 61.5 Å². The van der Waals surface area contributed by atoms with Gasteiger partial charge in [-0.05, 0) is 70.9 Å². The summed E-state index contributed by atoms with van der Waals surface area (Å²) >= 11 is 0. The van der Waals surface area contributed by atoms with Crippen LogP contribution in [0.1, 0.15) is 33.2 Å². The van der Waals surface area contributed by atoms with Gasteiger partial charge in [-0.25, -0.2) is 10.2 Å². The Labute approximate surface area is 218 Å². The molecule has 0 radical (unpaired) electrons. The van der Waals surface area contributed by atoms with Gasteiger partial charge in [0.25, 0.3) is 5.91 Å². The maximum absolute atomic E-state index is 12.9. The lowest BCUT2D eigenvalue weighted by atomic mass is 10.0. The molecule has 0 saturated heterocycles. The monoisotopic (exact) mass is 504 g/mol. The molecule has 0 aliphatic rings. The van der Waals surface area contributed by atoms with Gasteiger partial charge in [0.05, 0.1) is 23.9 Å². The second kappa shape index (κ2) is 10.8. The molecule has 5 aromatic carbocycles. The molecule has 7 nitrogen and oxygen atoms in total. The van der Waals surface area contributed by atoms with Crippen molar-refractivity contribution in [3.8, 4) is 17.2 Å². The molecular weight excluding hydrogens is 480 g/mol. The number of ether oxygens (including phenoxy) is 2. The number of hydrogen-bond donors (Lipinski definition) is 2. The number of phenols is 1. The van der Waals surface area contributed by atoms with Crippen LogP contribution in [0.15, 0.2) is 102 Å². The zero-order valence-electron chi connectivity index (χ0n) is 20.5. The predicted octanol–water partition coefficient (Wildman–Crippen LogP) is 6.08. The Bertz CT molecular complexity index is 1680. The van der Waals surface area contributed by atoms with E-state index < -0.39 is 11.9 Å². The van der Waals surface area contributed by atoms with E-state index in [1.54, 1.807) is 36.4 Å². The highest BCUT2D eigenvalue weighted by Crippen LogP contribution is 2.28. The second-order valence-corrected chi connectivity index (χ2v) is 8.46. The number of rotatable bonds is 7. The average molecular weight is 505 g/mol. The molecule has 2 N–H and O–H groups in total. The fourth-order valence-corrected chi connectivity index (χ4v) is 4.14. The number of hydrazone groups is 1. The molecule has 5 rings (SSSR count). The summed E-state index contributed by atoms with van der Waals surface area (Å²) in [6, 6.07) is 28.4. The zero-order chi connectivity index (χ0) is 26.5. The number of nitrogens with one attached hydrogen (secondary N) is 1. The smallest absolute Gasteiger partial charge is 0.343 e. The van der Waals surface area contributed by atoms with Gasteiger partial charge in [0.2, 0.25) is 0 Å². The van der Waals surface area contributed by atoms with Gasteiger partial charge in [0.1, 0.15) is 17.2 Å². The van der Waals surface area contributed by atoms with E-state index in [0.29, 0.717) is 23.5 Å². The third-order valence-corrected chi connectivity index (χ3v) is 6.00. The normalized spacial score (nSPS) is 11.1. The number of benzene rings is 5. The molecule has 0 spiro atoms. The molecule has 0 unspecified atom stereocenters. The highest BCUT2D eigenvalue weighted by molar-refractivity contribution is 6.05. The van der Waals surface area contributed by atoms with E-state index in [0.717, 1.165) is 21.5 Å². The Kier molecular flexibility index (Phi) is 6.99. The van der Waals surface area contributed by atoms with Gasteiger partial charge in [-0.15, -0.1) is 0 Å². The quantitative estimate of drug-likeness (QED) is 0.121. The minimum absolute atomic E-state index is 0.0981. The molecule has 0 aliphatic carbocycles. The third-order valence-electron chi connectivity index (χ3n) is 6.00. The van der Waals surface area contributed by atoms with Gasteiger partial charge in [-0.3, -0.25) is 4.79 Å². The number of amides is 1. The SMILES string of the molecule is CCOc1ccc(C(=O)Oc2ccc3ccccc3c2C=NNC(=O)c2cc3ccccc3cc2O)cc1. The van der Waals surface area contributed by atoms with Gasteiger partial charge in [-0.2, -0.15) is 5.10 Å². The Morgan fingerprint density at radius 3 is 2.29 bits per heavy atom. The van der Waals surface area contributed by atoms with E-state index in [4.69, 9.17) is 9.47 Å². The number of phenolic OH excluding ortho intramolecular Hbond substituents is 1. The van der Waals surface area contributed by atoms with Crippen LogP contribution in [0.5, 0.6) is 17.2 Å². The van der Waals surface area contributed by atoms with Gasteiger partial charge in [0, 0.05) is 5.56 Å². The van der Waals surface area contributed by atoms with Crippen molar-refractivity contribution in [1.82, 2.24) is 5.43 Å². The molecule has 188 valence electrons. The molecule has 7 heteroatoms. The minimum Gasteiger partial charge on any atom is -0.507 e. The number of nitrogens with zero attached hydrogens (tertiary/aromatic N) is 1. The van der Waals surface area contributed by atoms with E-state index in [-0.39, 0.29) is 17.1 Å². The number of carbonyl (C=O) groups is 2. The van der Waals surface area contributed by atoms with Crippen LogP contribution >= 0.6 is 0 Å². The molecule has 0 heterocycles. The lowest BCUT2D eigenvalue weighted by molar-refractivity contribution is 0.0734. The Balaban J connectivity index is 1.41. The van der Waals surface area contributed by atoms with Gasteiger partial charge in [-0.1, -0.05) is 54.6 Å². The number of esters is 1. The first-order valence-corrected chi connectivity index (χ1v) is 12.1. The highest BCUT2D eigenvalue weighted by atomic mass is 16.5. The summed E-state index contributed by atoms with van der Waals surface area (Å²) < 4.78 is 11.2. The Morgan fingerprint density at radius 2 is 1.55 bits per heavy atom. The zero-order valence-corrected chi connectivity index (χ0v) is 20.5. The van der Waals surface area contributed by atoms with Crippen molar-refractivity contribution < 1.29 is 24.2 Å². The molecule has 38 heavy (non-hydrogen) atoms. The lowest BCUT2D eigenvalue weighted by Crippen LogP contribution is -2.18. The van der Waals surface area contributed by atoms with Crippen LogP contribution in [0.3, 0.4) is 0 Å². The van der Waals surface area contributed by atoms with E-state index in [1.165, 1.54) is 12.3 Å². The minimum atomic E-state index is -0.572. The van der Waals surface area contributed by atoms with Crippen molar-refractivity contribution >= 4 is 39.6 Å².